The molecule has 2 aromatic heterocycles. The Morgan fingerprint density at radius 3 is 2.70 bits per heavy atom. The minimum Gasteiger partial charge on any atom is -0.264 e. The highest BCUT2D eigenvalue weighted by Gasteiger charge is 2.28. The molecule has 27 heavy (non-hydrogen) atoms. The molecule has 0 unspecified atom stereocenters. The van der Waals surface area contributed by atoms with E-state index in [0.29, 0.717) is 23.0 Å². The highest BCUT2D eigenvalue weighted by molar-refractivity contribution is 8.04. The minimum absolute atomic E-state index is 0.273. The first-order chi connectivity index (χ1) is 13.1. The number of rotatable bonds is 4. The molecule has 4 rings (SSSR count). The number of aromatic nitrogens is 5. The number of aryl methyl sites for hydroxylation is 1. The Hall–Kier alpha value is -2.52. The van der Waals surface area contributed by atoms with Gasteiger partial charge in [-0.2, -0.15) is 14.9 Å². The lowest BCUT2D eigenvalue weighted by atomic mass is 10.1. The van der Waals surface area contributed by atoms with Crippen molar-refractivity contribution in [2.45, 2.75) is 25.1 Å². The molecule has 0 bridgehead atoms. The Labute approximate surface area is 162 Å². The number of fused-ring (bicyclic) bond motifs is 1. The molecule has 0 N–H and O–H groups in total. The van der Waals surface area contributed by atoms with E-state index in [0.717, 1.165) is 15.1 Å². The molecule has 0 amide bonds. The fraction of sp³-hybridized carbons (Fsp3) is 0.176. The molecule has 0 aliphatic carbocycles. The van der Waals surface area contributed by atoms with Crippen LogP contribution in [0.5, 0.6) is 0 Å². The van der Waals surface area contributed by atoms with Gasteiger partial charge in [-0.1, -0.05) is 41.9 Å². The predicted molar refractivity (Wildman–Crippen MR) is 100 cm³/mol. The standard InChI is InChI=1S/C17H13ClF2N6S/c1-2-25-12(11(18)9-21-25)8-13-14(10-6-4-3-5-7-10)24-26-16(15(19)20)22-23-17(26)27-13/h3-9,15H,2H2,1H3/b13-8-. The lowest BCUT2D eigenvalue weighted by molar-refractivity contribution is 0.135. The van der Waals surface area contributed by atoms with Crippen LogP contribution in [-0.4, -0.2) is 30.4 Å². The summed E-state index contributed by atoms with van der Waals surface area (Å²) in [7, 11) is 0. The zero-order valence-corrected chi connectivity index (χ0v) is 15.6. The third-order valence-electron chi connectivity index (χ3n) is 3.91. The number of nitrogens with zero attached hydrogens (tertiary/aromatic N) is 6. The molecular formula is C17H13ClF2N6S. The first-order valence-corrected chi connectivity index (χ1v) is 9.27. The fourth-order valence-corrected chi connectivity index (χ4v) is 3.77. The summed E-state index contributed by atoms with van der Waals surface area (Å²) in [4.78, 5) is 0.721. The van der Waals surface area contributed by atoms with E-state index in [9.17, 15) is 8.78 Å². The van der Waals surface area contributed by atoms with Gasteiger partial charge in [0, 0.05) is 17.0 Å². The van der Waals surface area contributed by atoms with Crippen LogP contribution in [0.3, 0.4) is 0 Å². The van der Waals surface area contributed by atoms with E-state index in [1.807, 2.05) is 43.3 Å². The van der Waals surface area contributed by atoms with Crippen LogP contribution in [0, 0.1) is 0 Å². The average molecular weight is 407 g/mol. The molecule has 1 aliphatic heterocycles. The van der Waals surface area contributed by atoms with Gasteiger partial charge >= 0.3 is 0 Å². The first kappa shape index (κ1) is 17.9. The van der Waals surface area contributed by atoms with E-state index in [1.165, 1.54) is 11.8 Å². The second-order valence-electron chi connectivity index (χ2n) is 5.57. The van der Waals surface area contributed by atoms with Crippen LogP contribution < -0.4 is 0 Å². The largest absolute Gasteiger partial charge is 0.299 e. The molecule has 0 fully saturated rings. The molecule has 138 valence electrons. The number of hydrogen-bond acceptors (Lipinski definition) is 5. The summed E-state index contributed by atoms with van der Waals surface area (Å²) in [6.45, 7) is 2.59. The van der Waals surface area contributed by atoms with Gasteiger partial charge in [0.1, 0.15) is 5.71 Å². The normalized spacial score (nSPS) is 15.3. The van der Waals surface area contributed by atoms with E-state index in [-0.39, 0.29) is 5.16 Å². The molecule has 0 radical (unpaired) electrons. The van der Waals surface area contributed by atoms with Gasteiger partial charge in [-0.05, 0) is 24.8 Å². The monoisotopic (exact) mass is 406 g/mol. The smallest absolute Gasteiger partial charge is 0.264 e. The van der Waals surface area contributed by atoms with Gasteiger partial charge in [-0.15, -0.1) is 10.2 Å². The maximum absolute atomic E-state index is 13.2. The predicted octanol–water partition coefficient (Wildman–Crippen LogP) is 4.48. The maximum atomic E-state index is 13.2. The third-order valence-corrected chi connectivity index (χ3v) is 5.17. The SMILES string of the molecule is CCn1ncc(Cl)c1/C=C1\Sc2nnc(C(F)F)n2N=C1c1ccccc1. The van der Waals surface area contributed by atoms with E-state index >= 15 is 0 Å². The van der Waals surface area contributed by atoms with Gasteiger partial charge in [0.15, 0.2) is 0 Å². The van der Waals surface area contributed by atoms with Gasteiger partial charge in [0.25, 0.3) is 6.43 Å². The van der Waals surface area contributed by atoms with Crippen molar-refractivity contribution in [1.29, 1.82) is 0 Å². The summed E-state index contributed by atoms with van der Waals surface area (Å²) in [5.74, 6) is -0.485. The number of allylic oxidation sites excluding steroid dienone is 1. The van der Waals surface area contributed by atoms with Crippen LogP contribution in [0.4, 0.5) is 8.78 Å². The Bertz CT molecular complexity index is 1040. The van der Waals surface area contributed by atoms with E-state index in [4.69, 9.17) is 11.6 Å². The Morgan fingerprint density at radius 1 is 1.22 bits per heavy atom. The van der Waals surface area contributed by atoms with Crippen molar-refractivity contribution >= 4 is 35.2 Å². The van der Waals surface area contributed by atoms with E-state index in [1.54, 1.807) is 10.9 Å². The molecule has 1 aromatic carbocycles. The second kappa shape index (κ2) is 7.24. The molecule has 6 nitrogen and oxygen atoms in total. The third kappa shape index (κ3) is 3.28. The van der Waals surface area contributed by atoms with Crippen molar-refractivity contribution < 1.29 is 8.78 Å². The maximum Gasteiger partial charge on any atom is 0.299 e. The van der Waals surface area contributed by atoms with Crippen molar-refractivity contribution in [3.63, 3.8) is 0 Å². The summed E-state index contributed by atoms with van der Waals surface area (Å²) >= 11 is 7.48. The van der Waals surface area contributed by atoms with E-state index in [2.05, 4.69) is 20.4 Å². The zero-order chi connectivity index (χ0) is 19.0. The number of thioether (sulfide) groups is 1. The minimum atomic E-state index is -2.77. The highest BCUT2D eigenvalue weighted by Crippen LogP contribution is 2.37. The van der Waals surface area contributed by atoms with Gasteiger partial charge < -0.3 is 0 Å². The molecule has 0 atom stereocenters. The Kier molecular flexibility index (Phi) is 4.79. The van der Waals surface area contributed by atoms with Crippen molar-refractivity contribution in [3.8, 4) is 0 Å². The van der Waals surface area contributed by atoms with Crippen LogP contribution in [0.2, 0.25) is 5.02 Å². The molecule has 0 saturated heterocycles. The van der Waals surface area contributed by atoms with Crippen molar-refractivity contribution in [2.24, 2.45) is 5.10 Å². The summed E-state index contributed by atoms with van der Waals surface area (Å²) < 4.78 is 29.3. The summed E-state index contributed by atoms with van der Waals surface area (Å²) in [5, 5.41) is 16.8. The summed E-state index contributed by atoms with van der Waals surface area (Å²) in [6, 6.07) is 9.33. The molecule has 10 heteroatoms. The Balaban J connectivity index is 1.89. The molecule has 1 aliphatic rings. The van der Waals surface area contributed by atoms with Crippen molar-refractivity contribution in [1.82, 2.24) is 24.7 Å². The molecule has 3 aromatic rings. The van der Waals surface area contributed by atoms with Crippen LogP contribution in [0.25, 0.3) is 6.08 Å². The van der Waals surface area contributed by atoms with Gasteiger partial charge in [-0.3, -0.25) is 4.68 Å². The lowest BCUT2D eigenvalue weighted by Crippen LogP contribution is -2.14. The number of halogens is 3. The fourth-order valence-electron chi connectivity index (χ4n) is 2.65. The molecule has 0 spiro atoms. The van der Waals surface area contributed by atoms with Crippen LogP contribution in [-0.2, 0) is 6.54 Å². The molecular weight excluding hydrogens is 394 g/mol. The van der Waals surface area contributed by atoms with Gasteiger partial charge in [-0.25, -0.2) is 8.78 Å². The summed E-state index contributed by atoms with van der Waals surface area (Å²) in [5.41, 5.74) is 2.04. The number of benzene rings is 1. The van der Waals surface area contributed by atoms with Gasteiger partial charge in [0.05, 0.1) is 16.9 Å². The Morgan fingerprint density at radius 2 is 2.00 bits per heavy atom. The van der Waals surface area contributed by atoms with Crippen LogP contribution >= 0.6 is 23.4 Å². The topological polar surface area (TPSA) is 60.9 Å². The van der Waals surface area contributed by atoms with E-state index < -0.39 is 12.2 Å². The number of alkyl halides is 2. The summed E-state index contributed by atoms with van der Waals surface area (Å²) in [6.07, 6.45) is 0.645. The molecule has 0 saturated carbocycles. The van der Waals surface area contributed by atoms with Crippen molar-refractivity contribution in [2.75, 3.05) is 0 Å². The second-order valence-corrected chi connectivity index (χ2v) is 6.99. The zero-order valence-electron chi connectivity index (χ0n) is 14.1. The first-order valence-electron chi connectivity index (χ1n) is 8.07. The van der Waals surface area contributed by atoms with Crippen LogP contribution in [0.15, 0.2) is 51.7 Å². The number of hydrogen-bond donors (Lipinski definition) is 0. The van der Waals surface area contributed by atoms with Gasteiger partial charge in [0.2, 0.25) is 11.0 Å². The van der Waals surface area contributed by atoms with Crippen LogP contribution in [0.1, 0.15) is 30.4 Å². The lowest BCUT2D eigenvalue weighted by Gasteiger charge is -2.17. The molecule has 3 heterocycles. The average Bonchev–Trinajstić information content (AvgIpc) is 3.25. The quantitative estimate of drug-likeness (QED) is 0.640. The highest BCUT2D eigenvalue weighted by atomic mass is 35.5. The van der Waals surface area contributed by atoms with Crippen molar-refractivity contribution in [3.05, 3.63) is 63.5 Å².